The predicted octanol–water partition coefficient (Wildman–Crippen LogP) is 3.03. The Bertz CT molecular complexity index is 1170. The number of aryl methyl sites for hydroxylation is 2. The highest BCUT2D eigenvalue weighted by atomic mass is 32.2. The number of sulfone groups is 1. The van der Waals surface area contributed by atoms with Crippen LogP contribution in [0.1, 0.15) is 29.7 Å². The van der Waals surface area contributed by atoms with Gasteiger partial charge in [0.25, 0.3) is 5.95 Å². The van der Waals surface area contributed by atoms with Crippen LogP contribution in [0.15, 0.2) is 35.5 Å². The van der Waals surface area contributed by atoms with Crippen molar-refractivity contribution in [2.45, 2.75) is 36.9 Å². The molecule has 0 saturated carbocycles. The molecule has 0 saturated heterocycles. The van der Waals surface area contributed by atoms with Gasteiger partial charge in [0, 0.05) is 11.8 Å². The first-order valence-corrected chi connectivity index (χ1v) is 10.7. The van der Waals surface area contributed by atoms with Crippen LogP contribution in [0.4, 0.5) is 13.2 Å². The highest BCUT2D eigenvalue weighted by Crippen LogP contribution is 2.34. The molecule has 29 heavy (non-hydrogen) atoms. The van der Waals surface area contributed by atoms with E-state index in [9.17, 15) is 21.6 Å². The third-order valence-electron chi connectivity index (χ3n) is 4.74. The Morgan fingerprint density at radius 3 is 2.38 bits per heavy atom. The summed E-state index contributed by atoms with van der Waals surface area (Å²) in [6.07, 6.45) is 1.16. The van der Waals surface area contributed by atoms with Crippen molar-refractivity contribution < 1.29 is 21.6 Å². The van der Waals surface area contributed by atoms with E-state index in [2.05, 4.69) is 20.3 Å². The van der Waals surface area contributed by atoms with Crippen molar-refractivity contribution in [3.63, 3.8) is 0 Å². The first-order valence-electron chi connectivity index (χ1n) is 8.82. The number of hydrogen-bond acceptors (Lipinski definition) is 6. The van der Waals surface area contributed by atoms with Crippen LogP contribution in [-0.4, -0.2) is 39.6 Å². The van der Waals surface area contributed by atoms with Crippen LogP contribution in [0.5, 0.6) is 0 Å². The molecule has 0 atom stereocenters. The lowest BCUT2D eigenvalue weighted by molar-refractivity contribution is -0.141. The summed E-state index contributed by atoms with van der Waals surface area (Å²) >= 11 is 0. The standard InChI is InChI=1S/C18H16F3N5O2S/c1-29(27,28)16-10-22-17(24-23-16)26-14(9-15(25-26)18(19,20)21)13-7-6-11-4-2-3-5-12(11)8-13/h6-10H,2-5H2,1H3. The maximum atomic E-state index is 13.3. The van der Waals surface area contributed by atoms with Crippen molar-refractivity contribution in [1.82, 2.24) is 25.0 Å². The highest BCUT2D eigenvalue weighted by molar-refractivity contribution is 7.90. The Hall–Kier alpha value is -2.82. The molecule has 3 aromatic rings. The quantitative estimate of drug-likeness (QED) is 0.643. The summed E-state index contributed by atoms with van der Waals surface area (Å²) in [7, 11) is -3.64. The van der Waals surface area contributed by atoms with Crippen molar-refractivity contribution in [3.05, 3.63) is 47.3 Å². The molecule has 7 nitrogen and oxygen atoms in total. The summed E-state index contributed by atoms with van der Waals surface area (Å²) in [6.45, 7) is 0. The van der Waals surface area contributed by atoms with Gasteiger partial charge in [0.1, 0.15) is 0 Å². The van der Waals surface area contributed by atoms with E-state index in [0.29, 0.717) is 5.56 Å². The zero-order chi connectivity index (χ0) is 20.8. The predicted molar refractivity (Wildman–Crippen MR) is 97.1 cm³/mol. The van der Waals surface area contributed by atoms with Crippen LogP contribution in [-0.2, 0) is 28.9 Å². The summed E-state index contributed by atoms with van der Waals surface area (Å²) in [5, 5.41) is 10.5. The van der Waals surface area contributed by atoms with Crippen LogP contribution >= 0.6 is 0 Å². The number of rotatable bonds is 3. The lowest BCUT2D eigenvalue weighted by Crippen LogP contribution is -2.12. The van der Waals surface area contributed by atoms with Crippen molar-refractivity contribution in [2.75, 3.05) is 6.26 Å². The molecule has 0 N–H and O–H groups in total. The van der Waals surface area contributed by atoms with E-state index < -0.39 is 21.7 Å². The van der Waals surface area contributed by atoms with Gasteiger partial charge < -0.3 is 0 Å². The smallest absolute Gasteiger partial charge is 0.222 e. The van der Waals surface area contributed by atoms with E-state index >= 15 is 0 Å². The van der Waals surface area contributed by atoms with Gasteiger partial charge in [-0.2, -0.15) is 23.0 Å². The molecule has 1 aromatic carbocycles. The Balaban J connectivity index is 1.85. The zero-order valence-electron chi connectivity index (χ0n) is 15.3. The molecule has 0 aliphatic heterocycles. The van der Waals surface area contributed by atoms with Gasteiger partial charge in [-0.15, -0.1) is 10.2 Å². The van der Waals surface area contributed by atoms with E-state index in [1.807, 2.05) is 12.1 Å². The van der Waals surface area contributed by atoms with E-state index in [1.54, 1.807) is 6.07 Å². The molecular weight excluding hydrogens is 407 g/mol. The molecule has 0 amide bonds. The first kappa shape index (κ1) is 19.5. The minimum atomic E-state index is -4.66. The number of alkyl halides is 3. The third-order valence-corrected chi connectivity index (χ3v) is 5.69. The summed E-state index contributed by atoms with van der Waals surface area (Å²) in [4.78, 5) is 3.86. The first-order chi connectivity index (χ1) is 13.6. The van der Waals surface area contributed by atoms with Gasteiger partial charge in [-0.3, -0.25) is 0 Å². The van der Waals surface area contributed by atoms with Crippen molar-refractivity contribution in [2.24, 2.45) is 0 Å². The third kappa shape index (κ3) is 3.86. The largest absolute Gasteiger partial charge is 0.435 e. The number of halogens is 3. The average Bonchev–Trinajstić information content (AvgIpc) is 3.13. The molecule has 0 spiro atoms. The number of benzene rings is 1. The summed E-state index contributed by atoms with van der Waals surface area (Å²) in [5.41, 5.74) is 1.89. The Labute approximate surface area is 164 Å². The maximum absolute atomic E-state index is 13.3. The van der Waals surface area contributed by atoms with Gasteiger partial charge in [-0.05, 0) is 48.9 Å². The second kappa shape index (κ2) is 6.90. The molecule has 1 aliphatic carbocycles. The topological polar surface area (TPSA) is 90.6 Å². The summed E-state index contributed by atoms with van der Waals surface area (Å²) in [6, 6.07) is 6.45. The normalized spacial score (nSPS) is 14.6. The molecule has 2 heterocycles. The fourth-order valence-electron chi connectivity index (χ4n) is 3.30. The Morgan fingerprint density at radius 1 is 1.03 bits per heavy atom. The second-order valence-electron chi connectivity index (χ2n) is 6.88. The monoisotopic (exact) mass is 423 g/mol. The molecule has 0 fully saturated rings. The highest BCUT2D eigenvalue weighted by Gasteiger charge is 2.35. The zero-order valence-corrected chi connectivity index (χ0v) is 16.1. The number of fused-ring (bicyclic) bond motifs is 1. The second-order valence-corrected chi connectivity index (χ2v) is 8.85. The molecule has 1 aliphatic rings. The van der Waals surface area contributed by atoms with Gasteiger partial charge in [-0.1, -0.05) is 12.1 Å². The minimum Gasteiger partial charge on any atom is -0.222 e. The Kier molecular flexibility index (Phi) is 4.64. The number of hydrogen-bond donors (Lipinski definition) is 0. The average molecular weight is 423 g/mol. The summed E-state index contributed by atoms with van der Waals surface area (Å²) < 4.78 is 63.9. The maximum Gasteiger partial charge on any atom is 0.435 e. The molecule has 152 valence electrons. The minimum absolute atomic E-state index is 0.152. The Morgan fingerprint density at radius 2 is 1.76 bits per heavy atom. The van der Waals surface area contributed by atoms with E-state index in [-0.39, 0.29) is 16.7 Å². The van der Waals surface area contributed by atoms with Crippen LogP contribution in [0.3, 0.4) is 0 Å². The van der Waals surface area contributed by atoms with E-state index in [1.165, 1.54) is 5.56 Å². The fraction of sp³-hybridized carbons (Fsp3) is 0.333. The number of nitrogens with zero attached hydrogens (tertiary/aromatic N) is 5. The molecular formula is C18H16F3N5O2S. The SMILES string of the molecule is CS(=O)(=O)c1cnc(-n2nc(C(F)(F)F)cc2-c2ccc3c(c2)CCCC3)nn1. The van der Waals surface area contributed by atoms with Gasteiger partial charge in [0.2, 0.25) is 0 Å². The molecule has 0 bridgehead atoms. The molecule has 11 heteroatoms. The van der Waals surface area contributed by atoms with Gasteiger partial charge >= 0.3 is 6.18 Å². The van der Waals surface area contributed by atoms with Crippen LogP contribution in [0.2, 0.25) is 0 Å². The van der Waals surface area contributed by atoms with E-state index in [0.717, 1.165) is 54.4 Å². The van der Waals surface area contributed by atoms with Crippen molar-refractivity contribution in [3.8, 4) is 17.2 Å². The molecule has 0 unspecified atom stereocenters. The lowest BCUT2D eigenvalue weighted by atomic mass is 9.90. The van der Waals surface area contributed by atoms with Crippen molar-refractivity contribution in [1.29, 1.82) is 0 Å². The van der Waals surface area contributed by atoms with Gasteiger partial charge in [-0.25, -0.2) is 13.4 Å². The van der Waals surface area contributed by atoms with Gasteiger partial charge in [0.05, 0.1) is 11.9 Å². The lowest BCUT2D eigenvalue weighted by Gasteiger charge is -2.16. The van der Waals surface area contributed by atoms with Crippen LogP contribution in [0, 0.1) is 0 Å². The molecule has 0 radical (unpaired) electrons. The van der Waals surface area contributed by atoms with E-state index in [4.69, 9.17) is 0 Å². The van der Waals surface area contributed by atoms with Crippen LogP contribution < -0.4 is 0 Å². The van der Waals surface area contributed by atoms with Crippen LogP contribution in [0.25, 0.3) is 17.2 Å². The fourth-order valence-corrected chi connectivity index (χ4v) is 3.73. The van der Waals surface area contributed by atoms with Crippen molar-refractivity contribution >= 4 is 9.84 Å². The molecule has 2 aromatic heterocycles. The molecule has 4 rings (SSSR count). The van der Waals surface area contributed by atoms with Gasteiger partial charge in [0.15, 0.2) is 20.6 Å². The number of aromatic nitrogens is 5. The summed E-state index contributed by atoms with van der Waals surface area (Å²) in [5.74, 6) is -0.249.